The van der Waals surface area contributed by atoms with Crippen LogP contribution in [0.2, 0.25) is 0 Å². The molecule has 3 amide bonds. The van der Waals surface area contributed by atoms with Crippen molar-refractivity contribution in [1.82, 2.24) is 4.90 Å². The second-order valence-electron chi connectivity index (χ2n) is 5.50. The number of rotatable bonds is 8. The van der Waals surface area contributed by atoms with E-state index >= 15 is 0 Å². The minimum absolute atomic E-state index is 0.161. The molecule has 0 aromatic heterocycles. The number of amides is 3. The number of nitrogens with zero attached hydrogens (tertiary/aromatic N) is 1. The summed E-state index contributed by atoms with van der Waals surface area (Å²) in [4.78, 5) is 38.3. The lowest BCUT2D eigenvalue weighted by Crippen LogP contribution is -2.33. The van der Waals surface area contributed by atoms with Crippen LogP contribution in [0.1, 0.15) is 25.8 Å². The number of hydrogen-bond acceptors (Lipinski definition) is 5. The number of carbonyl (C=O) groups is 3. The number of hydrogen-bond donors (Lipinski definition) is 1. The van der Waals surface area contributed by atoms with Crippen LogP contribution in [0, 0.1) is 0 Å². The van der Waals surface area contributed by atoms with Gasteiger partial charge in [0.25, 0.3) is 11.8 Å². The summed E-state index contributed by atoms with van der Waals surface area (Å²) in [6, 6.07) is 6.95. The molecule has 0 saturated carbocycles. The van der Waals surface area contributed by atoms with Crippen LogP contribution >= 0.6 is 11.8 Å². The van der Waals surface area contributed by atoms with Gasteiger partial charge < -0.3 is 10.1 Å². The number of imide groups is 1. The maximum atomic E-state index is 12.8. The fourth-order valence-electron chi connectivity index (χ4n) is 2.58. The largest absolute Gasteiger partial charge is 0.385 e. The van der Waals surface area contributed by atoms with Gasteiger partial charge in [0.15, 0.2) is 0 Å². The van der Waals surface area contributed by atoms with Crippen molar-refractivity contribution in [1.29, 1.82) is 0 Å². The molecule has 1 aromatic carbocycles. The lowest BCUT2D eigenvalue weighted by molar-refractivity contribution is -0.136. The predicted molar refractivity (Wildman–Crippen MR) is 99.0 cm³/mol. The van der Waals surface area contributed by atoms with Gasteiger partial charge in [-0.1, -0.05) is 19.1 Å². The van der Waals surface area contributed by atoms with Crippen molar-refractivity contribution in [3.8, 4) is 0 Å². The molecule has 1 aromatic rings. The van der Waals surface area contributed by atoms with Crippen LogP contribution in [0.5, 0.6) is 0 Å². The average molecular weight is 362 g/mol. The van der Waals surface area contributed by atoms with Crippen molar-refractivity contribution in [2.75, 3.05) is 31.3 Å². The highest BCUT2D eigenvalue weighted by Gasteiger charge is 2.38. The van der Waals surface area contributed by atoms with Crippen molar-refractivity contribution in [2.45, 2.75) is 20.3 Å². The van der Waals surface area contributed by atoms with E-state index in [1.54, 1.807) is 31.4 Å². The second kappa shape index (κ2) is 8.82. The Bertz CT molecular complexity index is 698. The Balaban J connectivity index is 2.29. The van der Waals surface area contributed by atoms with Crippen LogP contribution in [-0.4, -0.2) is 48.6 Å². The maximum absolute atomic E-state index is 12.8. The summed E-state index contributed by atoms with van der Waals surface area (Å²) in [6.45, 7) is 4.21. The first kappa shape index (κ1) is 19.2. The monoisotopic (exact) mass is 362 g/mol. The minimum atomic E-state index is -0.274. The molecule has 2 rings (SSSR count). The van der Waals surface area contributed by atoms with E-state index in [1.165, 1.54) is 23.6 Å². The SMILES string of the molecule is CCSC1=C(c2ccc(NC(C)=O)cc2)C(=O)N(CCCOC)C1=O. The van der Waals surface area contributed by atoms with E-state index in [9.17, 15) is 14.4 Å². The molecule has 6 nitrogen and oxygen atoms in total. The molecule has 1 N–H and O–H groups in total. The smallest absolute Gasteiger partial charge is 0.267 e. The first-order chi connectivity index (χ1) is 12.0. The molecule has 25 heavy (non-hydrogen) atoms. The summed E-state index contributed by atoms with van der Waals surface area (Å²) >= 11 is 1.38. The van der Waals surface area contributed by atoms with Gasteiger partial charge in [0.1, 0.15) is 0 Å². The first-order valence-electron chi connectivity index (χ1n) is 8.09. The van der Waals surface area contributed by atoms with Crippen molar-refractivity contribution < 1.29 is 19.1 Å². The number of benzene rings is 1. The molecule has 1 aliphatic heterocycles. The van der Waals surface area contributed by atoms with E-state index < -0.39 is 0 Å². The van der Waals surface area contributed by atoms with Crippen molar-refractivity contribution in [3.63, 3.8) is 0 Å². The number of anilines is 1. The Labute approximate surface area is 151 Å². The molecule has 1 heterocycles. The standard InChI is InChI=1S/C18H22N2O4S/c1-4-25-16-15(13-6-8-14(9-7-13)19-12(2)21)17(22)20(18(16)23)10-5-11-24-3/h6-9H,4-5,10-11H2,1-3H3,(H,19,21). The fourth-order valence-corrected chi connectivity index (χ4v) is 3.45. The zero-order valence-electron chi connectivity index (χ0n) is 14.6. The highest BCUT2D eigenvalue weighted by Crippen LogP contribution is 2.36. The Hall–Kier alpha value is -2.12. The topological polar surface area (TPSA) is 75.7 Å². The summed E-state index contributed by atoms with van der Waals surface area (Å²) in [6.07, 6.45) is 0.604. The van der Waals surface area contributed by atoms with Crippen LogP contribution in [0.25, 0.3) is 5.57 Å². The zero-order valence-corrected chi connectivity index (χ0v) is 15.4. The molecule has 0 bridgehead atoms. The third-order valence-electron chi connectivity index (χ3n) is 3.64. The van der Waals surface area contributed by atoms with Crippen LogP contribution in [-0.2, 0) is 19.1 Å². The summed E-state index contributed by atoms with van der Waals surface area (Å²) in [5.74, 6) is 0.0251. The van der Waals surface area contributed by atoms with Crippen LogP contribution in [0.4, 0.5) is 5.69 Å². The molecule has 0 fully saturated rings. The van der Waals surface area contributed by atoms with Gasteiger partial charge in [0.2, 0.25) is 5.91 Å². The van der Waals surface area contributed by atoms with Crippen LogP contribution < -0.4 is 5.32 Å². The van der Waals surface area contributed by atoms with Gasteiger partial charge in [-0.05, 0) is 29.9 Å². The lowest BCUT2D eigenvalue weighted by atomic mass is 10.1. The second-order valence-corrected chi connectivity index (χ2v) is 6.78. The molecule has 0 atom stereocenters. The zero-order chi connectivity index (χ0) is 18.4. The molecule has 1 aliphatic rings. The van der Waals surface area contributed by atoms with E-state index in [2.05, 4.69) is 5.32 Å². The van der Waals surface area contributed by atoms with E-state index in [0.717, 1.165) is 0 Å². The molecule has 0 radical (unpaired) electrons. The van der Waals surface area contributed by atoms with Gasteiger partial charge in [0, 0.05) is 32.9 Å². The summed E-state index contributed by atoms with van der Waals surface area (Å²) in [5.41, 5.74) is 1.76. The quantitative estimate of drug-likeness (QED) is 0.568. The van der Waals surface area contributed by atoms with Gasteiger partial charge in [-0.3, -0.25) is 19.3 Å². The van der Waals surface area contributed by atoms with Gasteiger partial charge in [-0.25, -0.2) is 0 Å². The van der Waals surface area contributed by atoms with Gasteiger partial charge in [-0.2, -0.15) is 0 Å². The van der Waals surface area contributed by atoms with Gasteiger partial charge >= 0.3 is 0 Å². The summed E-state index contributed by atoms with van der Waals surface area (Å²) in [5, 5.41) is 2.69. The predicted octanol–water partition coefficient (Wildman–Crippen LogP) is 2.51. The van der Waals surface area contributed by atoms with Gasteiger partial charge in [0.05, 0.1) is 10.5 Å². The highest BCUT2D eigenvalue weighted by atomic mass is 32.2. The summed E-state index contributed by atoms with van der Waals surface area (Å²) < 4.78 is 5.00. The number of nitrogens with one attached hydrogen (secondary N) is 1. The Kier molecular flexibility index (Phi) is 6.78. The van der Waals surface area contributed by atoms with E-state index in [0.29, 0.717) is 47.1 Å². The van der Waals surface area contributed by atoms with E-state index in [4.69, 9.17) is 4.74 Å². The van der Waals surface area contributed by atoms with Crippen molar-refractivity contribution in [3.05, 3.63) is 34.7 Å². The molecule has 7 heteroatoms. The van der Waals surface area contributed by atoms with Crippen LogP contribution in [0.15, 0.2) is 29.2 Å². The molecule has 0 aliphatic carbocycles. The highest BCUT2D eigenvalue weighted by molar-refractivity contribution is 8.04. The lowest BCUT2D eigenvalue weighted by Gasteiger charge is -2.14. The first-order valence-corrected chi connectivity index (χ1v) is 9.08. The third kappa shape index (κ3) is 4.49. The molecule has 0 spiro atoms. The number of thioether (sulfide) groups is 1. The molecular formula is C18H22N2O4S. The molecular weight excluding hydrogens is 340 g/mol. The van der Waals surface area contributed by atoms with E-state index in [1.807, 2.05) is 6.92 Å². The molecule has 134 valence electrons. The minimum Gasteiger partial charge on any atom is -0.385 e. The summed E-state index contributed by atoms with van der Waals surface area (Å²) in [7, 11) is 1.59. The normalized spacial score (nSPS) is 14.4. The number of methoxy groups -OCH3 is 1. The Morgan fingerprint density at radius 2 is 1.88 bits per heavy atom. The molecule has 0 saturated heterocycles. The molecule has 0 unspecified atom stereocenters. The Morgan fingerprint density at radius 1 is 1.20 bits per heavy atom. The third-order valence-corrected chi connectivity index (χ3v) is 4.59. The average Bonchev–Trinajstić information content (AvgIpc) is 2.80. The van der Waals surface area contributed by atoms with Crippen molar-refractivity contribution >= 4 is 40.7 Å². The Morgan fingerprint density at radius 3 is 2.44 bits per heavy atom. The maximum Gasteiger partial charge on any atom is 0.267 e. The van der Waals surface area contributed by atoms with Crippen molar-refractivity contribution in [2.24, 2.45) is 0 Å². The number of ether oxygens (including phenoxy) is 1. The number of carbonyl (C=O) groups excluding carboxylic acids is 3. The van der Waals surface area contributed by atoms with Crippen LogP contribution in [0.3, 0.4) is 0 Å². The fraction of sp³-hybridized carbons (Fsp3) is 0.389. The van der Waals surface area contributed by atoms with Gasteiger partial charge in [-0.15, -0.1) is 11.8 Å². The van der Waals surface area contributed by atoms with E-state index in [-0.39, 0.29) is 17.7 Å².